The summed E-state index contributed by atoms with van der Waals surface area (Å²) in [6.45, 7) is 2.39. The van der Waals surface area contributed by atoms with E-state index in [0.29, 0.717) is 35.4 Å². The Morgan fingerprint density at radius 2 is 2.03 bits per heavy atom. The average molecular weight is 419 g/mol. The molecule has 0 aliphatic rings. The summed E-state index contributed by atoms with van der Waals surface area (Å²) in [4.78, 5) is 8.95. The molecule has 4 aromatic rings. The lowest BCUT2D eigenvalue weighted by Gasteiger charge is -2.06. The average Bonchev–Trinajstić information content (AvgIpc) is 3.38. The number of aryl methyl sites for hydroxylation is 2. The Hall–Kier alpha value is -3.56. The molecule has 0 unspecified atom stereocenters. The molecule has 2 aromatic heterocycles. The van der Waals surface area contributed by atoms with Gasteiger partial charge in [-0.05, 0) is 43.7 Å². The van der Waals surface area contributed by atoms with Crippen LogP contribution in [0.25, 0.3) is 17.3 Å². The number of aromatic nitrogens is 3. The van der Waals surface area contributed by atoms with Gasteiger partial charge in [0.25, 0.3) is 0 Å². The van der Waals surface area contributed by atoms with Gasteiger partial charge < -0.3 is 9.15 Å². The SMILES string of the molecule is Cc1nccn1-c1nc(-c2ccc(Cl)cc2)c(CCCOc2cccc(C#N)c2)o1. The van der Waals surface area contributed by atoms with Crippen LogP contribution in [0.4, 0.5) is 0 Å². The maximum absolute atomic E-state index is 9.00. The third kappa shape index (κ3) is 4.37. The van der Waals surface area contributed by atoms with Crippen molar-refractivity contribution < 1.29 is 9.15 Å². The van der Waals surface area contributed by atoms with Crippen molar-refractivity contribution in [3.05, 3.63) is 83.1 Å². The van der Waals surface area contributed by atoms with E-state index in [-0.39, 0.29) is 0 Å². The molecule has 0 spiro atoms. The largest absolute Gasteiger partial charge is 0.494 e. The smallest absolute Gasteiger partial charge is 0.307 e. The lowest BCUT2D eigenvalue weighted by Crippen LogP contribution is -2.00. The summed E-state index contributed by atoms with van der Waals surface area (Å²) in [6.07, 6.45) is 4.91. The maximum atomic E-state index is 9.00. The summed E-state index contributed by atoms with van der Waals surface area (Å²) in [6, 6.07) is 17.3. The minimum Gasteiger partial charge on any atom is -0.494 e. The Labute approximate surface area is 179 Å². The number of ether oxygens (including phenoxy) is 1. The van der Waals surface area contributed by atoms with E-state index in [1.165, 1.54) is 0 Å². The first-order chi connectivity index (χ1) is 14.6. The molecular formula is C23H19ClN4O2. The lowest BCUT2D eigenvalue weighted by molar-refractivity contribution is 0.306. The van der Waals surface area contributed by atoms with Crippen LogP contribution in [-0.4, -0.2) is 21.1 Å². The van der Waals surface area contributed by atoms with Crippen LogP contribution in [0, 0.1) is 18.3 Å². The van der Waals surface area contributed by atoms with Crippen molar-refractivity contribution in [1.29, 1.82) is 5.26 Å². The van der Waals surface area contributed by atoms with E-state index in [9.17, 15) is 0 Å². The molecule has 0 saturated carbocycles. The number of oxazole rings is 1. The Kier molecular flexibility index (Phi) is 5.82. The van der Waals surface area contributed by atoms with Gasteiger partial charge in [-0.15, -0.1) is 0 Å². The molecule has 0 aliphatic heterocycles. The second kappa shape index (κ2) is 8.85. The summed E-state index contributed by atoms with van der Waals surface area (Å²) in [5.41, 5.74) is 2.29. The molecule has 0 bridgehead atoms. The van der Waals surface area contributed by atoms with Gasteiger partial charge in [-0.1, -0.05) is 29.8 Å². The van der Waals surface area contributed by atoms with Crippen molar-refractivity contribution in [3.63, 3.8) is 0 Å². The Balaban J connectivity index is 1.52. The second-order valence-electron chi connectivity index (χ2n) is 6.71. The van der Waals surface area contributed by atoms with Crippen LogP contribution in [0.5, 0.6) is 5.75 Å². The predicted molar refractivity (Wildman–Crippen MR) is 114 cm³/mol. The first-order valence-electron chi connectivity index (χ1n) is 9.53. The molecule has 7 heteroatoms. The van der Waals surface area contributed by atoms with E-state index in [1.54, 1.807) is 18.3 Å². The summed E-state index contributed by atoms with van der Waals surface area (Å²) < 4.78 is 13.7. The van der Waals surface area contributed by atoms with Gasteiger partial charge in [0.15, 0.2) is 0 Å². The molecule has 6 nitrogen and oxygen atoms in total. The van der Waals surface area contributed by atoms with E-state index in [1.807, 2.05) is 54.1 Å². The maximum Gasteiger partial charge on any atom is 0.307 e. The number of imidazole rings is 1. The quantitative estimate of drug-likeness (QED) is 0.377. The fraction of sp³-hybridized carbons (Fsp3) is 0.174. The van der Waals surface area contributed by atoms with Crippen LogP contribution in [0.3, 0.4) is 0 Å². The molecule has 0 fully saturated rings. The topological polar surface area (TPSA) is 76.9 Å². The first-order valence-corrected chi connectivity index (χ1v) is 9.91. The first kappa shape index (κ1) is 19.7. The molecule has 0 radical (unpaired) electrons. The zero-order valence-electron chi connectivity index (χ0n) is 16.4. The molecule has 150 valence electrons. The zero-order valence-corrected chi connectivity index (χ0v) is 17.1. The highest BCUT2D eigenvalue weighted by Crippen LogP contribution is 2.28. The molecule has 2 heterocycles. The predicted octanol–water partition coefficient (Wildman–Crippen LogP) is 5.37. The highest BCUT2D eigenvalue weighted by Gasteiger charge is 2.17. The monoisotopic (exact) mass is 418 g/mol. The number of rotatable bonds is 7. The van der Waals surface area contributed by atoms with Crippen LogP contribution in [-0.2, 0) is 6.42 Å². The van der Waals surface area contributed by atoms with E-state index >= 15 is 0 Å². The zero-order chi connectivity index (χ0) is 20.9. The second-order valence-corrected chi connectivity index (χ2v) is 7.15. The van der Waals surface area contributed by atoms with Crippen LogP contribution >= 0.6 is 11.6 Å². The van der Waals surface area contributed by atoms with E-state index in [2.05, 4.69) is 11.1 Å². The van der Waals surface area contributed by atoms with Crippen molar-refractivity contribution >= 4 is 11.6 Å². The number of hydrogen-bond acceptors (Lipinski definition) is 5. The van der Waals surface area contributed by atoms with Crippen LogP contribution in [0.1, 0.15) is 23.6 Å². The normalized spacial score (nSPS) is 10.7. The van der Waals surface area contributed by atoms with Crippen molar-refractivity contribution in [2.75, 3.05) is 6.61 Å². The molecule has 30 heavy (non-hydrogen) atoms. The number of nitrogens with zero attached hydrogens (tertiary/aromatic N) is 4. The van der Waals surface area contributed by atoms with Crippen molar-refractivity contribution in [2.24, 2.45) is 0 Å². The van der Waals surface area contributed by atoms with Gasteiger partial charge in [-0.25, -0.2) is 4.98 Å². The highest BCUT2D eigenvalue weighted by atomic mass is 35.5. The molecule has 4 rings (SSSR count). The van der Waals surface area contributed by atoms with Gasteiger partial charge in [-0.2, -0.15) is 10.2 Å². The van der Waals surface area contributed by atoms with Gasteiger partial charge in [0.05, 0.1) is 18.2 Å². The Morgan fingerprint density at radius 1 is 1.20 bits per heavy atom. The highest BCUT2D eigenvalue weighted by molar-refractivity contribution is 6.30. The molecular weight excluding hydrogens is 400 g/mol. The minimum absolute atomic E-state index is 0.479. The van der Waals surface area contributed by atoms with Gasteiger partial charge in [0.1, 0.15) is 23.0 Å². The minimum atomic E-state index is 0.479. The van der Waals surface area contributed by atoms with Crippen molar-refractivity contribution in [3.8, 4) is 29.1 Å². The number of hydrogen-bond donors (Lipinski definition) is 0. The van der Waals surface area contributed by atoms with Gasteiger partial charge in [-0.3, -0.25) is 4.57 Å². The Bertz CT molecular complexity index is 1190. The third-order valence-corrected chi connectivity index (χ3v) is 4.87. The third-order valence-electron chi connectivity index (χ3n) is 4.62. The summed E-state index contributed by atoms with van der Waals surface area (Å²) >= 11 is 6.04. The van der Waals surface area contributed by atoms with Crippen molar-refractivity contribution in [1.82, 2.24) is 14.5 Å². The van der Waals surface area contributed by atoms with Gasteiger partial charge in [0, 0.05) is 29.4 Å². The van der Waals surface area contributed by atoms with Crippen LogP contribution in [0.15, 0.2) is 65.3 Å². The molecule has 0 aliphatic carbocycles. The van der Waals surface area contributed by atoms with Gasteiger partial charge >= 0.3 is 6.01 Å². The summed E-state index contributed by atoms with van der Waals surface area (Å²) in [5.74, 6) is 2.25. The molecule has 2 aromatic carbocycles. The fourth-order valence-corrected chi connectivity index (χ4v) is 3.23. The summed E-state index contributed by atoms with van der Waals surface area (Å²) in [5, 5.41) is 9.67. The lowest BCUT2D eigenvalue weighted by atomic mass is 10.1. The summed E-state index contributed by atoms with van der Waals surface area (Å²) in [7, 11) is 0. The van der Waals surface area contributed by atoms with E-state index in [0.717, 1.165) is 29.3 Å². The molecule has 0 amide bonds. The number of benzene rings is 2. The Morgan fingerprint density at radius 3 is 2.77 bits per heavy atom. The van der Waals surface area contributed by atoms with Crippen LogP contribution < -0.4 is 4.74 Å². The van der Waals surface area contributed by atoms with Gasteiger partial charge in [0.2, 0.25) is 0 Å². The molecule has 0 atom stereocenters. The number of halogens is 1. The molecule has 0 N–H and O–H groups in total. The van der Waals surface area contributed by atoms with E-state index < -0.39 is 0 Å². The van der Waals surface area contributed by atoms with E-state index in [4.69, 9.17) is 31.0 Å². The standard InChI is InChI=1S/C23H19ClN4O2/c1-16-26-11-12-28(16)23-27-22(18-7-9-19(24)10-8-18)21(30-23)6-3-13-29-20-5-2-4-17(14-20)15-25/h2,4-5,7-12,14H,3,6,13H2,1H3. The number of nitriles is 1. The van der Waals surface area contributed by atoms with Crippen LogP contribution in [0.2, 0.25) is 5.02 Å². The van der Waals surface area contributed by atoms with Crippen molar-refractivity contribution in [2.45, 2.75) is 19.8 Å². The fourth-order valence-electron chi connectivity index (χ4n) is 3.10. The molecule has 0 saturated heterocycles.